The standard InChI is InChI=1S/C13H11ClN2OS/c1-8-2-3-10(14)12(6-8)17-9-4-5-16-11(7-9)13(15)18/h2-7H,1H3,(H2,15,18). The minimum Gasteiger partial charge on any atom is -0.456 e. The van der Waals surface area contributed by atoms with Gasteiger partial charge in [-0.05, 0) is 30.7 Å². The van der Waals surface area contributed by atoms with Crippen molar-refractivity contribution < 1.29 is 4.74 Å². The van der Waals surface area contributed by atoms with Gasteiger partial charge in [0.2, 0.25) is 0 Å². The Morgan fingerprint density at radius 1 is 1.33 bits per heavy atom. The normalized spacial score (nSPS) is 10.1. The molecule has 0 unspecified atom stereocenters. The second-order valence-corrected chi connectivity index (χ2v) is 4.62. The maximum absolute atomic E-state index is 6.06. The monoisotopic (exact) mass is 278 g/mol. The van der Waals surface area contributed by atoms with E-state index in [1.807, 2.05) is 19.1 Å². The van der Waals surface area contributed by atoms with E-state index >= 15 is 0 Å². The van der Waals surface area contributed by atoms with Gasteiger partial charge in [-0.1, -0.05) is 29.9 Å². The van der Waals surface area contributed by atoms with Gasteiger partial charge in [0.25, 0.3) is 0 Å². The average molecular weight is 279 g/mol. The molecular formula is C13H11ClN2OS. The smallest absolute Gasteiger partial charge is 0.146 e. The van der Waals surface area contributed by atoms with Crippen LogP contribution in [0, 0.1) is 6.92 Å². The van der Waals surface area contributed by atoms with Crippen LogP contribution in [0.1, 0.15) is 11.3 Å². The molecule has 0 amide bonds. The van der Waals surface area contributed by atoms with Crippen molar-refractivity contribution in [2.45, 2.75) is 6.92 Å². The van der Waals surface area contributed by atoms with E-state index in [4.69, 9.17) is 34.3 Å². The SMILES string of the molecule is Cc1ccc(Cl)c(Oc2ccnc(C(N)=S)c2)c1. The molecule has 2 N–H and O–H groups in total. The molecule has 1 aromatic heterocycles. The molecule has 0 spiro atoms. The van der Waals surface area contributed by atoms with Crippen molar-refractivity contribution in [3.8, 4) is 11.5 Å². The van der Waals surface area contributed by atoms with Crippen molar-refractivity contribution in [1.82, 2.24) is 4.98 Å². The summed E-state index contributed by atoms with van der Waals surface area (Å²) in [5, 5.41) is 0.550. The largest absolute Gasteiger partial charge is 0.456 e. The summed E-state index contributed by atoms with van der Waals surface area (Å²) in [6.07, 6.45) is 1.59. The summed E-state index contributed by atoms with van der Waals surface area (Å²) in [7, 11) is 0. The number of rotatable bonds is 3. The van der Waals surface area contributed by atoms with Crippen molar-refractivity contribution in [1.29, 1.82) is 0 Å². The molecule has 0 aliphatic heterocycles. The molecule has 0 saturated heterocycles. The van der Waals surface area contributed by atoms with Crippen LogP contribution in [-0.4, -0.2) is 9.97 Å². The molecule has 0 aliphatic rings. The number of nitrogens with zero attached hydrogens (tertiary/aromatic N) is 1. The summed E-state index contributed by atoms with van der Waals surface area (Å²) in [6, 6.07) is 8.98. The number of benzene rings is 1. The van der Waals surface area contributed by atoms with Crippen LogP contribution < -0.4 is 10.5 Å². The fraction of sp³-hybridized carbons (Fsp3) is 0.0769. The summed E-state index contributed by atoms with van der Waals surface area (Å²) in [5.41, 5.74) is 7.10. The van der Waals surface area contributed by atoms with Gasteiger partial charge >= 0.3 is 0 Å². The van der Waals surface area contributed by atoms with Gasteiger partial charge < -0.3 is 10.5 Å². The van der Waals surface area contributed by atoms with Crippen LogP contribution >= 0.6 is 23.8 Å². The number of thiocarbonyl (C=S) groups is 1. The number of ether oxygens (including phenoxy) is 1. The van der Waals surface area contributed by atoms with Gasteiger partial charge in [0.1, 0.15) is 22.2 Å². The van der Waals surface area contributed by atoms with E-state index in [9.17, 15) is 0 Å². The zero-order valence-corrected chi connectivity index (χ0v) is 11.3. The van der Waals surface area contributed by atoms with Crippen LogP contribution in [0.4, 0.5) is 0 Å². The Labute approximate surface area is 116 Å². The predicted octanol–water partition coefficient (Wildman–Crippen LogP) is 3.47. The summed E-state index contributed by atoms with van der Waals surface area (Å²) in [6.45, 7) is 1.97. The van der Waals surface area contributed by atoms with Gasteiger partial charge in [-0.25, -0.2) is 0 Å². The van der Waals surface area contributed by atoms with Crippen molar-refractivity contribution in [2.75, 3.05) is 0 Å². The highest BCUT2D eigenvalue weighted by Crippen LogP contribution is 2.30. The van der Waals surface area contributed by atoms with E-state index in [2.05, 4.69) is 4.98 Å². The van der Waals surface area contributed by atoms with Crippen LogP contribution in [-0.2, 0) is 0 Å². The van der Waals surface area contributed by atoms with Gasteiger partial charge in [0.05, 0.1) is 5.02 Å². The summed E-state index contributed by atoms with van der Waals surface area (Å²) < 4.78 is 5.69. The van der Waals surface area contributed by atoms with Crippen LogP contribution in [0.25, 0.3) is 0 Å². The highest BCUT2D eigenvalue weighted by atomic mass is 35.5. The lowest BCUT2D eigenvalue weighted by molar-refractivity contribution is 0.481. The molecular weight excluding hydrogens is 268 g/mol. The molecule has 0 atom stereocenters. The van der Waals surface area contributed by atoms with Crippen LogP contribution in [0.3, 0.4) is 0 Å². The van der Waals surface area contributed by atoms with E-state index in [1.54, 1.807) is 24.4 Å². The molecule has 0 radical (unpaired) electrons. The van der Waals surface area contributed by atoms with Gasteiger partial charge in [-0.2, -0.15) is 0 Å². The Hall–Kier alpha value is -1.65. The molecule has 1 aromatic carbocycles. The van der Waals surface area contributed by atoms with E-state index in [1.165, 1.54) is 0 Å². The Kier molecular flexibility index (Phi) is 3.79. The summed E-state index contributed by atoms with van der Waals surface area (Å²) >= 11 is 10.9. The Bertz CT molecular complexity index is 601. The molecule has 0 saturated carbocycles. The molecule has 3 nitrogen and oxygen atoms in total. The Balaban J connectivity index is 2.31. The van der Waals surface area contributed by atoms with Crippen molar-refractivity contribution in [3.05, 3.63) is 52.8 Å². The third kappa shape index (κ3) is 2.97. The lowest BCUT2D eigenvalue weighted by Crippen LogP contribution is -2.11. The first kappa shape index (κ1) is 12.8. The number of hydrogen-bond acceptors (Lipinski definition) is 3. The molecule has 2 aromatic rings. The van der Waals surface area contributed by atoms with E-state index in [0.29, 0.717) is 22.2 Å². The van der Waals surface area contributed by atoms with Crippen LogP contribution in [0.15, 0.2) is 36.5 Å². The van der Waals surface area contributed by atoms with Crippen molar-refractivity contribution in [2.24, 2.45) is 5.73 Å². The topological polar surface area (TPSA) is 48.1 Å². The molecule has 0 aliphatic carbocycles. The minimum absolute atomic E-state index is 0.232. The molecule has 0 bridgehead atoms. The molecule has 5 heteroatoms. The van der Waals surface area contributed by atoms with Gasteiger partial charge in [0, 0.05) is 12.3 Å². The van der Waals surface area contributed by atoms with E-state index < -0.39 is 0 Å². The summed E-state index contributed by atoms with van der Waals surface area (Å²) in [4.78, 5) is 4.27. The van der Waals surface area contributed by atoms with E-state index in [0.717, 1.165) is 5.56 Å². The minimum atomic E-state index is 0.232. The third-order valence-electron chi connectivity index (χ3n) is 2.30. The molecule has 0 fully saturated rings. The first-order chi connectivity index (χ1) is 8.56. The van der Waals surface area contributed by atoms with Gasteiger partial charge in [-0.3, -0.25) is 4.98 Å². The fourth-order valence-corrected chi connectivity index (χ4v) is 1.69. The first-order valence-corrected chi connectivity index (χ1v) is 6.05. The average Bonchev–Trinajstić information content (AvgIpc) is 2.34. The lowest BCUT2D eigenvalue weighted by Gasteiger charge is -2.09. The number of nitrogens with two attached hydrogens (primary N) is 1. The third-order valence-corrected chi connectivity index (χ3v) is 2.82. The highest BCUT2D eigenvalue weighted by Gasteiger charge is 2.05. The number of aromatic nitrogens is 1. The molecule has 92 valence electrons. The number of hydrogen-bond donors (Lipinski definition) is 1. The second-order valence-electron chi connectivity index (χ2n) is 3.78. The number of halogens is 1. The van der Waals surface area contributed by atoms with Crippen LogP contribution in [0.5, 0.6) is 11.5 Å². The highest BCUT2D eigenvalue weighted by molar-refractivity contribution is 7.80. The van der Waals surface area contributed by atoms with E-state index in [-0.39, 0.29) is 4.99 Å². The summed E-state index contributed by atoms with van der Waals surface area (Å²) in [5.74, 6) is 1.19. The maximum Gasteiger partial charge on any atom is 0.146 e. The molecule has 1 heterocycles. The Morgan fingerprint density at radius 2 is 2.11 bits per heavy atom. The zero-order valence-electron chi connectivity index (χ0n) is 9.68. The van der Waals surface area contributed by atoms with Gasteiger partial charge in [-0.15, -0.1) is 0 Å². The number of pyridine rings is 1. The lowest BCUT2D eigenvalue weighted by atomic mass is 10.2. The van der Waals surface area contributed by atoms with Crippen LogP contribution in [0.2, 0.25) is 5.02 Å². The molecule has 2 rings (SSSR count). The number of aryl methyl sites for hydroxylation is 1. The van der Waals surface area contributed by atoms with Gasteiger partial charge in [0.15, 0.2) is 0 Å². The Morgan fingerprint density at radius 3 is 2.83 bits per heavy atom. The zero-order chi connectivity index (χ0) is 13.1. The maximum atomic E-state index is 6.06. The molecule has 18 heavy (non-hydrogen) atoms. The van der Waals surface area contributed by atoms with Crippen molar-refractivity contribution >= 4 is 28.8 Å². The predicted molar refractivity (Wildman–Crippen MR) is 76.4 cm³/mol. The second kappa shape index (κ2) is 5.33. The first-order valence-electron chi connectivity index (χ1n) is 5.26. The quantitative estimate of drug-likeness (QED) is 0.874. The van der Waals surface area contributed by atoms with Crippen molar-refractivity contribution in [3.63, 3.8) is 0 Å². The fourth-order valence-electron chi connectivity index (χ4n) is 1.43.